The van der Waals surface area contributed by atoms with Gasteiger partial charge in [0.05, 0.1) is 33.4 Å². The average Bonchev–Trinajstić information content (AvgIpc) is 1.55. The van der Waals surface area contributed by atoms with Crippen LogP contribution in [0.1, 0.15) is 77.0 Å². The van der Waals surface area contributed by atoms with Gasteiger partial charge in [-0.05, 0) is 161 Å². The Hall–Kier alpha value is -8.88. The summed E-state index contributed by atoms with van der Waals surface area (Å²) < 4.78 is 10.3. The van der Waals surface area contributed by atoms with Crippen molar-refractivity contribution in [2.75, 3.05) is 9.80 Å². The zero-order valence-corrected chi connectivity index (χ0v) is 50.3. The molecule has 11 aromatic carbocycles. The largest absolute Gasteiger partial charge is 0.311 e. The predicted molar refractivity (Wildman–Crippen MR) is 371 cm³/mol. The lowest BCUT2D eigenvalue weighted by molar-refractivity contribution is 0.590. The first-order valence-corrected chi connectivity index (χ1v) is 32.3. The number of thiophene rings is 2. The topological polar surface area (TPSA) is 16.3 Å². The van der Waals surface area contributed by atoms with Crippen LogP contribution in [0.5, 0.6) is 0 Å². The quantitative estimate of drug-likeness (QED) is 0.127. The van der Waals surface area contributed by atoms with Crippen molar-refractivity contribution in [3.8, 4) is 11.4 Å². The van der Waals surface area contributed by atoms with Crippen LogP contribution in [0.25, 0.3) is 95.3 Å². The molecule has 4 aromatic heterocycles. The molecule has 2 aliphatic rings. The normalized spacial score (nSPS) is 13.2. The Bertz CT molecular complexity index is 4830. The number of para-hydroxylation sites is 4. The molecule has 0 atom stereocenters. The molecule has 15 aromatic rings. The lowest BCUT2D eigenvalue weighted by Crippen LogP contribution is -2.61. The molecule has 6 heterocycles. The highest BCUT2D eigenvalue weighted by Gasteiger charge is 2.45. The lowest BCUT2D eigenvalue weighted by atomic mass is 9.33. The summed E-state index contributed by atoms with van der Waals surface area (Å²) in [7, 11) is 0. The minimum atomic E-state index is -0.199. The number of unbranched alkanes of at least 4 members (excludes halogenated alkanes) is 2. The molecule has 0 saturated carbocycles. The van der Waals surface area contributed by atoms with Crippen LogP contribution >= 0.6 is 22.7 Å². The fraction of sp³-hybridized carbons (Fsp3) is 0.154. The number of aromatic nitrogens is 2. The summed E-state index contributed by atoms with van der Waals surface area (Å²) in [6.45, 7) is 11.8. The summed E-state index contributed by atoms with van der Waals surface area (Å²) >= 11 is 3.85. The Morgan fingerprint density at radius 3 is 1.12 bits per heavy atom. The molecule has 0 spiro atoms. The summed E-state index contributed by atoms with van der Waals surface area (Å²) in [4.78, 5) is 5.49. The van der Waals surface area contributed by atoms with Gasteiger partial charge in [0.1, 0.15) is 0 Å². The molecule has 410 valence electrons. The van der Waals surface area contributed by atoms with Gasteiger partial charge in [0.2, 0.25) is 0 Å². The Balaban J connectivity index is 1.01. The van der Waals surface area contributed by atoms with Gasteiger partial charge in [-0.15, -0.1) is 22.7 Å². The van der Waals surface area contributed by atoms with E-state index in [-0.39, 0.29) is 12.1 Å². The monoisotopic (exact) mass is 1130 g/mol. The SMILES string of the molecule is CCCCc1cc2c(cc1N1c3cc(-n4c5ccccc5c5ccccc54)ccc3B3c4ccc(-n5c6ccccc6c6ccccc65)cc4N(c4cc5sc6ccccc6c5cc4CCCC)c4cc(C(C)(C)C)cc1c43)sc1ccccc12. The molecule has 85 heavy (non-hydrogen) atoms. The Kier molecular flexibility index (Phi) is 11.5. The second-order valence-electron chi connectivity index (χ2n) is 24.9. The Morgan fingerprint density at radius 2 is 0.729 bits per heavy atom. The van der Waals surface area contributed by atoms with Crippen molar-refractivity contribution >= 4 is 164 Å². The molecule has 0 unspecified atom stereocenters. The Morgan fingerprint density at radius 1 is 0.353 bits per heavy atom. The number of fused-ring (bicyclic) bond motifs is 16. The van der Waals surface area contributed by atoms with Crippen LogP contribution in [0.15, 0.2) is 218 Å². The summed E-state index contributed by atoms with van der Waals surface area (Å²) in [5.74, 6) is 0. The summed E-state index contributed by atoms with van der Waals surface area (Å²) in [5.41, 5.74) is 22.6. The molecule has 17 rings (SSSR count). The van der Waals surface area contributed by atoms with E-state index in [1.807, 2.05) is 22.7 Å². The van der Waals surface area contributed by atoms with Crippen LogP contribution in [0.2, 0.25) is 0 Å². The maximum absolute atomic E-state index is 2.74. The summed E-state index contributed by atoms with van der Waals surface area (Å²) in [5, 5.41) is 10.5. The van der Waals surface area contributed by atoms with Gasteiger partial charge in [-0.25, -0.2) is 0 Å². The van der Waals surface area contributed by atoms with E-state index in [0.717, 1.165) is 49.9 Å². The van der Waals surface area contributed by atoms with Gasteiger partial charge in [-0.2, -0.15) is 0 Å². The fourth-order valence-corrected chi connectivity index (χ4v) is 17.0. The van der Waals surface area contributed by atoms with E-state index in [4.69, 9.17) is 0 Å². The standard InChI is InChI=1S/C78H63BN4S2/c1-6-8-22-48-40-59-57-28-14-20-34-73(57)84-75(59)46-67(48)82-69-44-51(80-63-30-16-10-24-53(63)54-25-11-17-31-64(54)80)36-38-61(69)79-62-39-37-52(81-65-32-18-12-26-55(65)56-27-13-19-33-66(56)81)45-70(62)83(72-43-50(78(3,4)5)42-71(82)77(72)79)68-47-76-60(41-49(68)23-9-7-2)58-29-15-21-35-74(58)85-76/h10-21,24-47H,6-9,22-23H2,1-5H3. The molecule has 0 aliphatic carbocycles. The first-order valence-electron chi connectivity index (χ1n) is 30.6. The molecule has 7 heteroatoms. The van der Waals surface area contributed by atoms with Crippen LogP contribution in [0.4, 0.5) is 34.1 Å². The van der Waals surface area contributed by atoms with E-state index in [1.54, 1.807) is 0 Å². The third-order valence-corrected chi connectivity index (χ3v) is 21.1. The van der Waals surface area contributed by atoms with Crippen molar-refractivity contribution in [1.29, 1.82) is 0 Å². The van der Waals surface area contributed by atoms with Crippen LogP contribution in [-0.2, 0) is 18.3 Å². The van der Waals surface area contributed by atoms with Crippen molar-refractivity contribution in [3.05, 3.63) is 235 Å². The number of nitrogens with zero attached hydrogens (tertiary/aromatic N) is 4. The van der Waals surface area contributed by atoms with Crippen LogP contribution in [0.3, 0.4) is 0 Å². The maximum atomic E-state index is 2.74. The van der Waals surface area contributed by atoms with Gasteiger partial charge < -0.3 is 18.9 Å². The highest BCUT2D eigenvalue weighted by atomic mass is 32.1. The summed E-state index contributed by atoms with van der Waals surface area (Å²) in [6.07, 6.45) is 6.38. The van der Waals surface area contributed by atoms with Gasteiger partial charge in [-0.3, -0.25) is 0 Å². The van der Waals surface area contributed by atoms with E-state index in [9.17, 15) is 0 Å². The smallest absolute Gasteiger partial charge is 0.252 e. The number of rotatable bonds is 10. The number of hydrogen-bond donors (Lipinski definition) is 0. The first kappa shape index (κ1) is 50.6. The molecule has 0 N–H and O–H groups in total. The van der Waals surface area contributed by atoms with E-state index in [2.05, 4.69) is 272 Å². The highest BCUT2D eigenvalue weighted by molar-refractivity contribution is 7.26. The molecule has 0 amide bonds. The van der Waals surface area contributed by atoms with Crippen LogP contribution in [0, 0.1) is 0 Å². The van der Waals surface area contributed by atoms with Crippen LogP contribution in [-0.4, -0.2) is 15.8 Å². The van der Waals surface area contributed by atoms with Crippen molar-refractivity contribution in [1.82, 2.24) is 9.13 Å². The van der Waals surface area contributed by atoms with E-state index < -0.39 is 0 Å². The van der Waals surface area contributed by atoms with Crippen molar-refractivity contribution in [2.45, 2.75) is 78.6 Å². The van der Waals surface area contributed by atoms with Crippen molar-refractivity contribution < 1.29 is 0 Å². The van der Waals surface area contributed by atoms with Gasteiger partial charge in [0, 0.05) is 96.0 Å². The third kappa shape index (κ3) is 7.65. The van der Waals surface area contributed by atoms with E-state index in [0.29, 0.717) is 0 Å². The second kappa shape index (κ2) is 19.3. The van der Waals surface area contributed by atoms with Crippen molar-refractivity contribution in [3.63, 3.8) is 0 Å². The number of hydrogen-bond acceptors (Lipinski definition) is 4. The maximum Gasteiger partial charge on any atom is 0.252 e. The average molecular weight is 1130 g/mol. The van der Waals surface area contributed by atoms with Gasteiger partial charge in [0.15, 0.2) is 0 Å². The Labute approximate surface area is 504 Å². The molecule has 0 bridgehead atoms. The van der Waals surface area contributed by atoms with Crippen molar-refractivity contribution in [2.24, 2.45) is 0 Å². The first-order chi connectivity index (χ1) is 41.7. The van der Waals surface area contributed by atoms with E-state index >= 15 is 0 Å². The second-order valence-corrected chi connectivity index (χ2v) is 27.0. The number of anilines is 6. The minimum absolute atomic E-state index is 0.0878. The zero-order chi connectivity index (χ0) is 56.8. The fourth-order valence-electron chi connectivity index (χ4n) is 14.8. The molecule has 0 fully saturated rings. The zero-order valence-electron chi connectivity index (χ0n) is 48.7. The van der Waals surface area contributed by atoms with E-state index in [1.165, 1.54) is 151 Å². The predicted octanol–water partition coefficient (Wildman–Crippen LogP) is 20.7. The molecule has 0 radical (unpaired) electrons. The third-order valence-electron chi connectivity index (χ3n) is 18.8. The molecule has 4 nitrogen and oxygen atoms in total. The highest BCUT2D eigenvalue weighted by Crippen LogP contribution is 2.52. The molecular weight excluding hydrogens is 1070 g/mol. The number of aryl methyl sites for hydroxylation is 2. The van der Waals surface area contributed by atoms with Crippen LogP contribution < -0.4 is 26.2 Å². The lowest BCUT2D eigenvalue weighted by Gasteiger charge is -2.46. The number of benzene rings is 11. The molecular formula is C78H63BN4S2. The summed E-state index contributed by atoms with van der Waals surface area (Å²) in [6, 6.07) is 84.4. The van der Waals surface area contributed by atoms with Gasteiger partial charge >= 0.3 is 0 Å². The molecule has 0 saturated heterocycles. The van der Waals surface area contributed by atoms with Gasteiger partial charge in [-0.1, -0.05) is 169 Å². The molecule has 2 aliphatic heterocycles. The van der Waals surface area contributed by atoms with Gasteiger partial charge in [0.25, 0.3) is 6.71 Å². The minimum Gasteiger partial charge on any atom is -0.311 e.